The first-order chi connectivity index (χ1) is 7.61. The second-order valence-electron chi connectivity index (χ2n) is 3.24. The predicted molar refractivity (Wildman–Crippen MR) is 63.9 cm³/mol. The Morgan fingerprint density at radius 1 is 1.31 bits per heavy atom. The van der Waals surface area contributed by atoms with Crippen LogP contribution in [0.15, 0.2) is 30.3 Å². The molecule has 2 aromatic rings. The molecule has 0 radical (unpaired) electrons. The summed E-state index contributed by atoms with van der Waals surface area (Å²) in [5.41, 5.74) is 11.9. The van der Waals surface area contributed by atoms with Gasteiger partial charge in [-0.15, -0.1) is 0 Å². The zero-order chi connectivity index (χ0) is 11.7. The molecule has 0 spiro atoms. The summed E-state index contributed by atoms with van der Waals surface area (Å²) in [5, 5.41) is 2.82. The van der Waals surface area contributed by atoms with Crippen molar-refractivity contribution in [2.75, 3.05) is 5.73 Å². The molecule has 0 aliphatic rings. The first-order valence-electron chi connectivity index (χ1n) is 4.57. The van der Waals surface area contributed by atoms with Crippen LogP contribution in [0, 0.1) is 4.64 Å². The standard InChI is InChI=1S/C10H10N4OS/c11-8-7(9(12)15)10(16)13-14(8)6-4-2-1-3-5-6/h1-5H,11H2,(H2,12,15)(H,13,16). The maximum atomic E-state index is 11.1. The number of anilines is 1. The smallest absolute Gasteiger partial charge is 0.255 e. The minimum Gasteiger partial charge on any atom is -0.383 e. The molecule has 5 N–H and O–H groups in total. The van der Waals surface area contributed by atoms with Crippen molar-refractivity contribution in [2.45, 2.75) is 0 Å². The Morgan fingerprint density at radius 3 is 2.44 bits per heavy atom. The van der Waals surface area contributed by atoms with Gasteiger partial charge in [0.25, 0.3) is 5.91 Å². The molecule has 5 nitrogen and oxygen atoms in total. The highest BCUT2D eigenvalue weighted by Gasteiger charge is 2.14. The Balaban J connectivity index is 2.65. The normalized spacial score (nSPS) is 10.2. The van der Waals surface area contributed by atoms with Crippen molar-refractivity contribution in [3.63, 3.8) is 0 Å². The zero-order valence-corrected chi connectivity index (χ0v) is 9.12. The zero-order valence-electron chi connectivity index (χ0n) is 8.31. The van der Waals surface area contributed by atoms with Crippen molar-refractivity contribution in [3.05, 3.63) is 40.5 Å². The van der Waals surface area contributed by atoms with Crippen LogP contribution in [0.3, 0.4) is 0 Å². The quantitative estimate of drug-likeness (QED) is 0.682. The van der Waals surface area contributed by atoms with Crippen LogP contribution in [0.4, 0.5) is 5.82 Å². The summed E-state index contributed by atoms with van der Waals surface area (Å²) >= 11 is 4.98. The van der Waals surface area contributed by atoms with Crippen LogP contribution in [0.1, 0.15) is 10.4 Å². The van der Waals surface area contributed by atoms with Gasteiger partial charge in [0.15, 0.2) is 0 Å². The fourth-order valence-electron chi connectivity index (χ4n) is 1.46. The van der Waals surface area contributed by atoms with E-state index in [9.17, 15) is 4.79 Å². The summed E-state index contributed by atoms with van der Waals surface area (Å²) in [6.45, 7) is 0. The maximum Gasteiger partial charge on any atom is 0.255 e. The summed E-state index contributed by atoms with van der Waals surface area (Å²) in [6, 6.07) is 9.27. The van der Waals surface area contributed by atoms with Crippen LogP contribution in [-0.2, 0) is 0 Å². The van der Waals surface area contributed by atoms with Crippen molar-refractivity contribution in [3.8, 4) is 5.69 Å². The second kappa shape index (κ2) is 3.82. The summed E-state index contributed by atoms with van der Waals surface area (Å²) in [5.74, 6) is -0.405. The van der Waals surface area contributed by atoms with Crippen molar-refractivity contribution < 1.29 is 4.79 Å². The molecule has 16 heavy (non-hydrogen) atoms. The van der Waals surface area contributed by atoms with Gasteiger partial charge in [-0.05, 0) is 12.1 Å². The summed E-state index contributed by atoms with van der Waals surface area (Å²) in [6.07, 6.45) is 0. The van der Waals surface area contributed by atoms with E-state index in [-0.39, 0.29) is 16.0 Å². The molecule has 1 amide bonds. The number of benzene rings is 1. The molecular formula is C10H10N4OS. The third kappa shape index (κ3) is 1.59. The number of para-hydroxylation sites is 1. The van der Waals surface area contributed by atoms with E-state index in [1.54, 1.807) is 0 Å². The molecule has 0 aliphatic carbocycles. The molecule has 1 aromatic carbocycles. The largest absolute Gasteiger partial charge is 0.383 e. The van der Waals surface area contributed by atoms with Gasteiger partial charge in [-0.25, -0.2) is 4.68 Å². The van der Waals surface area contributed by atoms with Crippen molar-refractivity contribution >= 4 is 23.9 Å². The molecule has 0 unspecified atom stereocenters. The molecular weight excluding hydrogens is 224 g/mol. The Morgan fingerprint density at radius 2 is 1.94 bits per heavy atom. The second-order valence-corrected chi connectivity index (χ2v) is 3.64. The maximum absolute atomic E-state index is 11.1. The molecule has 82 valence electrons. The molecule has 0 aliphatic heterocycles. The van der Waals surface area contributed by atoms with Gasteiger partial charge >= 0.3 is 0 Å². The number of carbonyl (C=O) groups is 1. The first-order valence-corrected chi connectivity index (χ1v) is 4.98. The van der Waals surface area contributed by atoms with Gasteiger partial charge in [-0.1, -0.05) is 30.4 Å². The van der Waals surface area contributed by atoms with Crippen LogP contribution in [0.2, 0.25) is 0 Å². The Bertz CT molecular complexity index is 585. The molecule has 6 heteroatoms. The van der Waals surface area contributed by atoms with E-state index in [1.807, 2.05) is 30.3 Å². The number of aromatic amines is 1. The Kier molecular flexibility index (Phi) is 2.49. The van der Waals surface area contributed by atoms with Crippen LogP contribution in [0.5, 0.6) is 0 Å². The number of rotatable bonds is 2. The van der Waals surface area contributed by atoms with Crippen molar-refractivity contribution in [1.29, 1.82) is 0 Å². The lowest BCUT2D eigenvalue weighted by Crippen LogP contribution is -2.13. The Hall–Kier alpha value is -2.08. The van der Waals surface area contributed by atoms with Gasteiger partial charge in [0.05, 0.1) is 5.69 Å². The minimum atomic E-state index is -0.631. The third-order valence-electron chi connectivity index (χ3n) is 2.20. The molecule has 0 saturated carbocycles. The fourth-order valence-corrected chi connectivity index (χ4v) is 1.76. The van der Waals surface area contributed by atoms with Gasteiger partial charge in [0.1, 0.15) is 16.0 Å². The molecule has 0 fully saturated rings. The van der Waals surface area contributed by atoms with Gasteiger partial charge < -0.3 is 11.5 Å². The van der Waals surface area contributed by atoms with E-state index >= 15 is 0 Å². The van der Waals surface area contributed by atoms with Crippen LogP contribution < -0.4 is 11.5 Å². The van der Waals surface area contributed by atoms with Crippen molar-refractivity contribution in [1.82, 2.24) is 9.78 Å². The number of primary amides is 1. The van der Waals surface area contributed by atoms with Crippen molar-refractivity contribution in [2.24, 2.45) is 5.73 Å². The average Bonchev–Trinajstić information content (AvgIpc) is 2.55. The molecule has 0 atom stereocenters. The third-order valence-corrected chi connectivity index (χ3v) is 2.49. The number of hydrogen-bond donors (Lipinski definition) is 3. The van der Waals surface area contributed by atoms with E-state index in [0.717, 1.165) is 5.69 Å². The predicted octanol–water partition coefficient (Wildman–Crippen LogP) is 1.22. The molecule has 0 bridgehead atoms. The number of aromatic nitrogens is 2. The van der Waals surface area contributed by atoms with E-state index in [4.69, 9.17) is 23.7 Å². The topological polar surface area (TPSA) is 89.8 Å². The highest BCUT2D eigenvalue weighted by atomic mass is 32.1. The SMILES string of the molecule is NC(=O)c1c(N)n(-c2ccccc2)[nH]c1=S. The monoisotopic (exact) mass is 234 g/mol. The number of nitrogen functional groups attached to an aromatic ring is 1. The van der Waals surface area contributed by atoms with Gasteiger partial charge in [0, 0.05) is 0 Å². The number of H-pyrrole nitrogens is 1. The first kappa shape index (κ1) is 10.4. The fraction of sp³-hybridized carbons (Fsp3) is 0. The summed E-state index contributed by atoms with van der Waals surface area (Å²) < 4.78 is 1.77. The van der Waals surface area contributed by atoms with E-state index in [2.05, 4.69) is 5.10 Å². The lowest BCUT2D eigenvalue weighted by atomic mass is 10.3. The van der Waals surface area contributed by atoms with E-state index in [1.165, 1.54) is 4.68 Å². The average molecular weight is 234 g/mol. The summed E-state index contributed by atoms with van der Waals surface area (Å²) in [7, 11) is 0. The number of nitrogens with one attached hydrogen (secondary N) is 1. The Labute approximate surface area is 96.7 Å². The van der Waals surface area contributed by atoms with Gasteiger partial charge in [0.2, 0.25) is 0 Å². The number of nitrogens with zero attached hydrogens (tertiary/aromatic N) is 1. The highest BCUT2D eigenvalue weighted by molar-refractivity contribution is 7.71. The minimum absolute atomic E-state index is 0.152. The van der Waals surface area contributed by atoms with Crippen LogP contribution >= 0.6 is 12.2 Å². The molecule has 1 aromatic heterocycles. The van der Waals surface area contributed by atoms with Crippen LogP contribution in [-0.4, -0.2) is 15.7 Å². The van der Waals surface area contributed by atoms with E-state index < -0.39 is 5.91 Å². The summed E-state index contributed by atoms with van der Waals surface area (Å²) in [4.78, 5) is 11.1. The molecule has 0 saturated heterocycles. The molecule has 1 heterocycles. The number of amides is 1. The lowest BCUT2D eigenvalue weighted by molar-refractivity contribution is 0.100. The van der Waals surface area contributed by atoms with Crippen LogP contribution in [0.25, 0.3) is 5.69 Å². The van der Waals surface area contributed by atoms with Gasteiger partial charge in [-0.3, -0.25) is 9.89 Å². The molecule has 2 rings (SSSR count). The number of nitrogens with two attached hydrogens (primary N) is 2. The number of carbonyl (C=O) groups excluding carboxylic acids is 1. The van der Waals surface area contributed by atoms with Gasteiger partial charge in [-0.2, -0.15) is 0 Å². The van der Waals surface area contributed by atoms with E-state index in [0.29, 0.717) is 0 Å². The highest BCUT2D eigenvalue weighted by Crippen LogP contribution is 2.17. The lowest BCUT2D eigenvalue weighted by Gasteiger charge is -2.04. The number of hydrogen-bond acceptors (Lipinski definition) is 3.